The average molecular weight is 315 g/mol. The molecule has 0 fully saturated rings. The van der Waals surface area contributed by atoms with E-state index in [1.807, 2.05) is 13.8 Å². The van der Waals surface area contributed by atoms with Gasteiger partial charge in [0, 0.05) is 0 Å². The number of aliphatic hydroxyl groups excluding tert-OH is 1. The standard InChI is InChI=1S/C17H34O3Si/c1-10-14(15(18)11-12(2)3)16(19)13(4)20-21(8,9)17(5,6)7/h10,12-15,18H,1,11H2,2-9H3/t13-,14+,15+/m0/s1. The quantitative estimate of drug-likeness (QED) is 0.540. The van der Waals surface area contributed by atoms with Gasteiger partial charge in [-0.1, -0.05) is 40.7 Å². The summed E-state index contributed by atoms with van der Waals surface area (Å²) in [5.74, 6) is -0.276. The number of rotatable bonds is 8. The lowest BCUT2D eigenvalue weighted by atomic mass is 9.89. The molecule has 0 bridgehead atoms. The van der Waals surface area contributed by atoms with Crippen LogP contribution in [0.2, 0.25) is 18.1 Å². The Morgan fingerprint density at radius 2 is 1.76 bits per heavy atom. The summed E-state index contributed by atoms with van der Waals surface area (Å²) in [6.07, 6.45) is 0.965. The van der Waals surface area contributed by atoms with Crippen LogP contribution >= 0.6 is 0 Å². The maximum absolute atomic E-state index is 12.6. The molecule has 0 aliphatic heterocycles. The lowest BCUT2D eigenvalue weighted by Gasteiger charge is -2.38. The van der Waals surface area contributed by atoms with E-state index < -0.39 is 26.4 Å². The second kappa shape index (κ2) is 7.70. The molecule has 0 spiro atoms. The van der Waals surface area contributed by atoms with Gasteiger partial charge in [0.1, 0.15) is 6.10 Å². The van der Waals surface area contributed by atoms with Gasteiger partial charge in [0.05, 0.1) is 12.0 Å². The maximum atomic E-state index is 12.6. The number of ketones is 1. The first kappa shape index (κ1) is 20.5. The first-order valence-electron chi connectivity index (χ1n) is 7.85. The zero-order chi connectivity index (χ0) is 17.0. The monoisotopic (exact) mass is 314 g/mol. The molecule has 0 rings (SSSR count). The van der Waals surface area contributed by atoms with Crippen LogP contribution in [0, 0.1) is 11.8 Å². The number of hydrogen-bond donors (Lipinski definition) is 1. The zero-order valence-corrected chi connectivity index (χ0v) is 16.1. The Balaban J connectivity index is 4.93. The van der Waals surface area contributed by atoms with E-state index in [4.69, 9.17) is 4.43 Å². The maximum Gasteiger partial charge on any atom is 0.193 e. The van der Waals surface area contributed by atoms with Gasteiger partial charge in [0.25, 0.3) is 0 Å². The van der Waals surface area contributed by atoms with Crippen molar-refractivity contribution in [1.82, 2.24) is 0 Å². The highest BCUT2D eigenvalue weighted by molar-refractivity contribution is 6.74. The summed E-state index contributed by atoms with van der Waals surface area (Å²) in [7, 11) is -1.99. The van der Waals surface area contributed by atoms with Gasteiger partial charge in [0.2, 0.25) is 0 Å². The first-order chi connectivity index (χ1) is 9.33. The predicted molar refractivity (Wildman–Crippen MR) is 91.9 cm³/mol. The molecule has 0 unspecified atom stereocenters. The van der Waals surface area contributed by atoms with Crippen molar-refractivity contribution in [3.05, 3.63) is 12.7 Å². The Morgan fingerprint density at radius 3 is 2.10 bits per heavy atom. The van der Waals surface area contributed by atoms with Crippen molar-refractivity contribution in [3.8, 4) is 0 Å². The largest absolute Gasteiger partial charge is 0.407 e. The van der Waals surface area contributed by atoms with Crippen LogP contribution in [0.5, 0.6) is 0 Å². The summed E-state index contributed by atoms with van der Waals surface area (Å²) in [6.45, 7) is 20.3. The van der Waals surface area contributed by atoms with E-state index in [1.54, 1.807) is 13.0 Å². The van der Waals surface area contributed by atoms with Gasteiger partial charge in [0.15, 0.2) is 14.1 Å². The number of carbonyl (C=O) groups excluding carboxylic acids is 1. The molecule has 3 nitrogen and oxygen atoms in total. The fourth-order valence-corrected chi connectivity index (χ4v) is 3.39. The minimum absolute atomic E-state index is 0.0573. The fraction of sp³-hybridized carbons (Fsp3) is 0.824. The van der Waals surface area contributed by atoms with Crippen LogP contribution in [0.15, 0.2) is 12.7 Å². The van der Waals surface area contributed by atoms with Crippen molar-refractivity contribution in [3.63, 3.8) is 0 Å². The topological polar surface area (TPSA) is 46.5 Å². The van der Waals surface area contributed by atoms with E-state index in [0.717, 1.165) is 0 Å². The van der Waals surface area contributed by atoms with Gasteiger partial charge in [-0.05, 0) is 37.4 Å². The van der Waals surface area contributed by atoms with Gasteiger partial charge in [-0.3, -0.25) is 4.79 Å². The van der Waals surface area contributed by atoms with Crippen molar-refractivity contribution >= 4 is 14.1 Å². The Morgan fingerprint density at radius 1 is 1.29 bits per heavy atom. The second-order valence-electron chi connectivity index (χ2n) is 7.88. The second-order valence-corrected chi connectivity index (χ2v) is 12.6. The van der Waals surface area contributed by atoms with Crippen LogP contribution in [0.25, 0.3) is 0 Å². The number of carbonyl (C=O) groups is 1. The third-order valence-corrected chi connectivity index (χ3v) is 8.94. The molecule has 0 aliphatic carbocycles. The van der Waals surface area contributed by atoms with Crippen LogP contribution in [-0.4, -0.2) is 31.4 Å². The van der Waals surface area contributed by atoms with Gasteiger partial charge >= 0.3 is 0 Å². The molecule has 1 N–H and O–H groups in total. The summed E-state index contributed by atoms with van der Waals surface area (Å²) in [5, 5.41) is 10.3. The molecule has 3 atom stereocenters. The molecular formula is C17H34O3Si. The molecule has 0 saturated heterocycles. The minimum atomic E-state index is -1.99. The SMILES string of the molecule is C=C[C@@H](C(=O)[C@H](C)O[Si](C)(C)C(C)(C)C)[C@H](O)CC(C)C. The summed E-state index contributed by atoms with van der Waals surface area (Å²) < 4.78 is 6.13. The van der Waals surface area contributed by atoms with Crippen molar-refractivity contribution in [1.29, 1.82) is 0 Å². The van der Waals surface area contributed by atoms with Gasteiger partial charge in [-0.15, -0.1) is 6.58 Å². The third kappa shape index (κ3) is 6.05. The Hall–Kier alpha value is -0.453. The van der Waals surface area contributed by atoms with Crippen LogP contribution in [0.3, 0.4) is 0 Å². The van der Waals surface area contributed by atoms with Crippen molar-refractivity contribution in [2.24, 2.45) is 11.8 Å². The summed E-state index contributed by atoms with van der Waals surface area (Å²) in [6, 6.07) is 0. The third-order valence-electron chi connectivity index (χ3n) is 4.39. The van der Waals surface area contributed by atoms with Gasteiger partial charge < -0.3 is 9.53 Å². The van der Waals surface area contributed by atoms with Crippen LogP contribution < -0.4 is 0 Å². The predicted octanol–water partition coefficient (Wildman–Crippen LogP) is 4.18. The molecule has 0 saturated carbocycles. The minimum Gasteiger partial charge on any atom is -0.407 e. The first-order valence-corrected chi connectivity index (χ1v) is 10.8. The Bertz CT molecular complexity index is 356. The highest BCUT2D eigenvalue weighted by atomic mass is 28.4. The Labute approximate surface area is 131 Å². The molecule has 0 heterocycles. The fourth-order valence-electron chi connectivity index (χ4n) is 2.04. The van der Waals surface area contributed by atoms with E-state index in [0.29, 0.717) is 12.3 Å². The molecule has 0 aliphatic rings. The summed E-state index contributed by atoms with van der Waals surface area (Å²) >= 11 is 0. The lowest BCUT2D eigenvalue weighted by Crippen LogP contribution is -2.47. The summed E-state index contributed by atoms with van der Waals surface area (Å²) in [5.41, 5.74) is 0. The van der Waals surface area contributed by atoms with E-state index in [2.05, 4.69) is 40.4 Å². The van der Waals surface area contributed by atoms with Crippen molar-refractivity contribution < 1.29 is 14.3 Å². The zero-order valence-electron chi connectivity index (χ0n) is 15.1. The molecule has 0 aromatic rings. The molecule has 4 heteroatoms. The van der Waals surface area contributed by atoms with Gasteiger partial charge in [-0.25, -0.2) is 0 Å². The van der Waals surface area contributed by atoms with Gasteiger partial charge in [-0.2, -0.15) is 0 Å². The molecule has 0 aromatic heterocycles. The van der Waals surface area contributed by atoms with E-state index >= 15 is 0 Å². The molecule has 0 radical (unpaired) electrons. The lowest BCUT2D eigenvalue weighted by molar-refractivity contribution is -0.131. The average Bonchev–Trinajstić information content (AvgIpc) is 2.26. The highest BCUT2D eigenvalue weighted by Crippen LogP contribution is 2.37. The Kier molecular flexibility index (Phi) is 7.54. The summed E-state index contributed by atoms with van der Waals surface area (Å²) in [4.78, 5) is 12.6. The molecule has 0 amide bonds. The van der Waals surface area contributed by atoms with Crippen LogP contribution in [0.4, 0.5) is 0 Å². The number of hydrogen-bond acceptors (Lipinski definition) is 3. The number of aliphatic hydroxyl groups is 1. The highest BCUT2D eigenvalue weighted by Gasteiger charge is 2.40. The smallest absolute Gasteiger partial charge is 0.193 e. The molecule has 124 valence electrons. The van der Waals surface area contributed by atoms with E-state index in [1.165, 1.54) is 0 Å². The van der Waals surface area contributed by atoms with Crippen LogP contribution in [-0.2, 0) is 9.22 Å². The van der Waals surface area contributed by atoms with E-state index in [-0.39, 0.29) is 10.8 Å². The molecular weight excluding hydrogens is 280 g/mol. The normalized spacial score (nSPS) is 17.4. The van der Waals surface area contributed by atoms with Crippen molar-refractivity contribution in [2.75, 3.05) is 0 Å². The number of Topliss-reactive ketones (excluding diaryl/α,β-unsaturated/α-hetero) is 1. The molecule has 0 aromatic carbocycles. The van der Waals surface area contributed by atoms with E-state index in [9.17, 15) is 9.90 Å². The van der Waals surface area contributed by atoms with Crippen molar-refractivity contribution in [2.45, 2.75) is 78.3 Å². The van der Waals surface area contributed by atoms with Crippen LogP contribution in [0.1, 0.15) is 48.0 Å². The molecule has 21 heavy (non-hydrogen) atoms.